The van der Waals surface area contributed by atoms with Crippen LogP contribution in [-0.2, 0) is 4.74 Å². The average molecular weight is 284 g/mol. The van der Waals surface area contributed by atoms with Crippen molar-refractivity contribution in [1.29, 1.82) is 0 Å². The molecule has 104 valence electrons. The van der Waals surface area contributed by atoms with Crippen molar-refractivity contribution in [2.24, 2.45) is 0 Å². The van der Waals surface area contributed by atoms with Gasteiger partial charge in [-0.3, -0.25) is 4.79 Å². The van der Waals surface area contributed by atoms with Crippen molar-refractivity contribution in [2.75, 3.05) is 26.8 Å². The largest absolute Gasteiger partial charge is 0.496 e. The third kappa shape index (κ3) is 3.39. The molecule has 0 N–H and O–H groups in total. The van der Waals surface area contributed by atoms with Crippen molar-refractivity contribution >= 4 is 17.5 Å². The molecule has 1 aromatic carbocycles. The number of carbonyl (C=O) groups is 1. The summed E-state index contributed by atoms with van der Waals surface area (Å²) in [6.45, 7) is 3.95. The first-order valence-corrected chi connectivity index (χ1v) is 6.74. The van der Waals surface area contributed by atoms with Gasteiger partial charge in [-0.15, -0.1) is 0 Å². The Morgan fingerprint density at radius 3 is 3.05 bits per heavy atom. The second-order valence-corrected chi connectivity index (χ2v) is 5.07. The van der Waals surface area contributed by atoms with Gasteiger partial charge >= 0.3 is 0 Å². The van der Waals surface area contributed by atoms with E-state index in [1.807, 2.05) is 6.92 Å². The highest BCUT2D eigenvalue weighted by molar-refractivity contribution is 6.31. The zero-order chi connectivity index (χ0) is 13.8. The predicted molar refractivity (Wildman–Crippen MR) is 73.9 cm³/mol. The van der Waals surface area contributed by atoms with Gasteiger partial charge in [0, 0.05) is 24.7 Å². The van der Waals surface area contributed by atoms with Crippen molar-refractivity contribution in [3.8, 4) is 5.75 Å². The lowest BCUT2D eigenvalue weighted by molar-refractivity contribution is 0.0561. The quantitative estimate of drug-likeness (QED) is 0.837. The van der Waals surface area contributed by atoms with Gasteiger partial charge in [-0.25, -0.2) is 0 Å². The Morgan fingerprint density at radius 2 is 2.32 bits per heavy atom. The highest BCUT2D eigenvalue weighted by Gasteiger charge is 2.23. The number of carbonyl (C=O) groups excluding carboxylic acids is 1. The molecule has 1 amide bonds. The number of amides is 1. The van der Waals surface area contributed by atoms with Crippen LogP contribution in [0.1, 0.15) is 23.7 Å². The third-order valence-electron chi connectivity index (χ3n) is 3.13. The van der Waals surface area contributed by atoms with E-state index in [2.05, 4.69) is 0 Å². The maximum atomic E-state index is 12.6. The van der Waals surface area contributed by atoms with Crippen molar-refractivity contribution in [2.45, 2.75) is 19.4 Å². The fourth-order valence-electron chi connectivity index (χ4n) is 2.20. The Hall–Kier alpha value is -1.26. The van der Waals surface area contributed by atoms with Crippen molar-refractivity contribution in [3.05, 3.63) is 28.8 Å². The fourth-order valence-corrected chi connectivity index (χ4v) is 2.37. The highest BCUT2D eigenvalue weighted by Crippen LogP contribution is 2.24. The van der Waals surface area contributed by atoms with Gasteiger partial charge in [0.2, 0.25) is 0 Å². The zero-order valence-corrected chi connectivity index (χ0v) is 11.9. The van der Waals surface area contributed by atoms with E-state index < -0.39 is 0 Å². The molecule has 0 aromatic heterocycles. The number of methoxy groups -OCH3 is 1. The Bertz CT molecular complexity index is 464. The Morgan fingerprint density at radius 1 is 1.53 bits per heavy atom. The molecule has 19 heavy (non-hydrogen) atoms. The number of hydrogen-bond donors (Lipinski definition) is 0. The molecule has 0 spiro atoms. The summed E-state index contributed by atoms with van der Waals surface area (Å²) in [7, 11) is 1.55. The summed E-state index contributed by atoms with van der Waals surface area (Å²) in [5, 5.41) is 0.531. The molecule has 0 radical (unpaired) electrons. The first kappa shape index (κ1) is 14.2. The van der Waals surface area contributed by atoms with Crippen LogP contribution in [0.25, 0.3) is 0 Å². The fraction of sp³-hybridized carbons (Fsp3) is 0.500. The van der Waals surface area contributed by atoms with E-state index in [0.29, 0.717) is 36.0 Å². The van der Waals surface area contributed by atoms with Crippen LogP contribution in [0.15, 0.2) is 18.2 Å². The molecule has 0 unspecified atom stereocenters. The van der Waals surface area contributed by atoms with Gasteiger partial charge in [0.1, 0.15) is 5.75 Å². The van der Waals surface area contributed by atoms with E-state index in [-0.39, 0.29) is 12.0 Å². The topological polar surface area (TPSA) is 38.8 Å². The molecule has 1 heterocycles. The van der Waals surface area contributed by atoms with E-state index in [0.717, 1.165) is 6.42 Å². The van der Waals surface area contributed by atoms with Gasteiger partial charge in [0.15, 0.2) is 0 Å². The minimum atomic E-state index is -0.0586. The van der Waals surface area contributed by atoms with Crippen LogP contribution in [0.4, 0.5) is 0 Å². The monoisotopic (exact) mass is 283 g/mol. The van der Waals surface area contributed by atoms with Gasteiger partial charge in [0.05, 0.1) is 18.8 Å². The third-order valence-corrected chi connectivity index (χ3v) is 3.37. The first-order chi connectivity index (χ1) is 9.11. The zero-order valence-electron chi connectivity index (χ0n) is 11.2. The summed E-state index contributed by atoms with van der Waals surface area (Å²) < 4.78 is 10.8. The Labute approximate surface area is 118 Å². The van der Waals surface area contributed by atoms with Crippen LogP contribution < -0.4 is 4.74 Å². The minimum absolute atomic E-state index is 0.0524. The number of ether oxygens (including phenoxy) is 2. The maximum Gasteiger partial charge on any atom is 0.257 e. The summed E-state index contributed by atoms with van der Waals surface area (Å²) in [6, 6.07) is 5.08. The second kappa shape index (κ2) is 6.26. The number of hydrogen-bond acceptors (Lipinski definition) is 3. The summed E-state index contributed by atoms with van der Waals surface area (Å²) in [5.74, 6) is 0.490. The molecular formula is C14H18ClNO3. The van der Waals surface area contributed by atoms with Gasteiger partial charge in [-0.1, -0.05) is 11.6 Å². The molecule has 1 atom stereocenters. The smallest absolute Gasteiger partial charge is 0.257 e. The Kier molecular flexibility index (Phi) is 4.66. The van der Waals surface area contributed by atoms with Crippen LogP contribution in [-0.4, -0.2) is 43.7 Å². The van der Waals surface area contributed by atoms with Gasteiger partial charge in [0.25, 0.3) is 5.91 Å². The predicted octanol–water partition coefficient (Wildman–Crippen LogP) is 2.60. The molecule has 0 bridgehead atoms. The SMILES string of the molecule is COc1ccc(Cl)cc1C(=O)N1CCCO[C@H](C)C1. The van der Waals surface area contributed by atoms with Gasteiger partial charge in [-0.2, -0.15) is 0 Å². The molecule has 1 aliphatic rings. The molecule has 2 rings (SSSR count). The Balaban J connectivity index is 2.24. The standard InChI is InChI=1S/C14H18ClNO3/c1-10-9-16(6-3-7-19-10)14(17)12-8-11(15)4-5-13(12)18-2/h4-5,8,10H,3,6-7,9H2,1-2H3/t10-/m1/s1. The van der Waals surface area contributed by atoms with Crippen LogP contribution in [0.2, 0.25) is 5.02 Å². The van der Waals surface area contributed by atoms with E-state index in [9.17, 15) is 4.79 Å². The molecule has 5 heteroatoms. The number of halogens is 1. The van der Waals surface area contributed by atoms with Crippen LogP contribution in [0.3, 0.4) is 0 Å². The lowest BCUT2D eigenvalue weighted by Crippen LogP contribution is -2.36. The van der Waals surface area contributed by atoms with Gasteiger partial charge < -0.3 is 14.4 Å². The van der Waals surface area contributed by atoms with E-state index in [1.165, 1.54) is 0 Å². The van der Waals surface area contributed by atoms with E-state index in [1.54, 1.807) is 30.2 Å². The lowest BCUT2D eigenvalue weighted by Gasteiger charge is -2.23. The average Bonchev–Trinajstić information content (AvgIpc) is 2.62. The van der Waals surface area contributed by atoms with Crippen LogP contribution in [0.5, 0.6) is 5.75 Å². The molecule has 4 nitrogen and oxygen atoms in total. The summed E-state index contributed by atoms with van der Waals surface area (Å²) in [6.07, 6.45) is 0.899. The van der Waals surface area contributed by atoms with E-state index in [4.69, 9.17) is 21.1 Å². The lowest BCUT2D eigenvalue weighted by atomic mass is 10.1. The summed E-state index contributed by atoms with van der Waals surface area (Å²) >= 11 is 5.97. The molecule has 1 aliphatic heterocycles. The molecule has 1 aromatic rings. The summed E-state index contributed by atoms with van der Waals surface area (Å²) in [4.78, 5) is 14.4. The van der Waals surface area contributed by atoms with Crippen molar-refractivity contribution < 1.29 is 14.3 Å². The highest BCUT2D eigenvalue weighted by atomic mass is 35.5. The molecule has 1 fully saturated rings. The second-order valence-electron chi connectivity index (χ2n) is 4.63. The first-order valence-electron chi connectivity index (χ1n) is 6.36. The molecule has 1 saturated heterocycles. The molecular weight excluding hydrogens is 266 g/mol. The number of benzene rings is 1. The maximum absolute atomic E-state index is 12.6. The minimum Gasteiger partial charge on any atom is -0.496 e. The number of nitrogens with zero attached hydrogens (tertiary/aromatic N) is 1. The normalized spacial score (nSPS) is 19.9. The van der Waals surface area contributed by atoms with Crippen LogP contribution in [0, 0.1) is 0 Å². The molecule has 0 saturated carbocycles. The molecule has 0 aliphatic carbocycles. The van der Waals surface area contributed by atoms with Crippen molar-refractivity contribution in [1.82, 2.24) is 4.90 Å². The van der Waals surface area contributed by atoms with Crippen molar-refractivity contribution in [3.63, 3.8) is 0 Å². The van der Waals surface area contributed by atoms with Gasteiger partial charge in [-0.05, 0) is 31.5 Å². The summed E-state index contributed by atoms with van der Waals surface area (Å²) in [5.41, 5.74) is 0.504. The number of rotatable bonds is 2. The van der Waals surface area contributed by atoms with Crippen LogP contribution >= 0.6 is 11.6 Å². The van der Waals surface area contributed by atoms with E-state index >= 15 is 0 Å².